The molecule has 5 nitrogen and oxygen atoms in total. The van der Waals surface area contributed by atoms with Crippen LogP contribution in [-0.2, 0) is 4.79 Å². The van der Waals surface area contributed by atoms with Gasteiger partial charge in [0.05, 0.1) is 11.4 Å². The molecule has 2 rings (SSSR count). The van der Waals surface area contributed by atoms with E-state index in [1.807, 2.05) is 55.8 Å². The summed E-state index contributed by atoms with van der Waals surface area (Å²) >= 11 is 0. The van der Waals surface area contributed by atoms with Crippen molar-refractivity contribution in [2.75, 3.05) is 5.32 Å². The van der Waals surface area contributed by atoms with Gasteiger partial charge in [-0.15, -0.1) is 0 Å². The minimum Gasteiger partial charge on any atom is -0.323 e. The fourth-order valence-electron chi connectivity index (χ4n) is 2.21. The lowest BCUT2D eigenvalue weighted by Gasteiger charge is -2.16. The Morgan fingerprint density at radius 1 is 1.21 bits per heavy atom. The van der Waals surface area contributed by atoms with Gasteiger partial charge in [0.1, 0.15) is 5.69 Å². The summed E-state index contributed by atoms with van der Waals surface area (Å²) < 4.78 is 3.47. The first kappa shape index (κ1) is 13.1. The van der Waals surface area contributed by atoms with E-state index in [0.29, 0.717) is 12.1 Å². The van der Waals surface area contributed by atoms with E-state index >= 15 is 0 Å². The number of rotatable bonds is 4. The number of amides is 1. The van der Waals surface area contributed by atoms with Crippen LogP contribution < -0.4 is 10.9 Å². The molecule has 2 aromatic rings. The molecular weight excluding hydrogens is 242 g/mol. The number of carbonyl (C=O) groups excluding carboxylic acids is 1. The first-order valence-electron chi connectivity index (χ1n) is 6.17. The lowest BCUT2D eigenvalue weighted by atomic mass is 10.3. The second-order valence-electron chi connectivity index (χ2n) is 4.61. The quantitative estimate of drug-likeness (QED) is 0.855. The molecule has 0 bridgehead atoms. The molecule has 1 amide bonds. The molecule has 0 saturated heterocycles. The minimum atomic E-state index is -0.191. The summed E-state index contributed by atoms with van der Waals surface area (Å²) in [5.74, 6) is 0. The monoisotopic (exact) mass is 259 g/mol. The van der Waals surface area contributed by atoms with Gasteiger partial charge in [0.25, 0.3) is 5.56 Å². The summed E-state index contributed by atoms with van der Waals surface area (Å²) in [4.78, 5) is 23.0. The number of para-hydroxylation sites is 1. The molecule has 0 aliphatic carbocycles. The van der Waals surface area contributed by atoms with E-state index in [9.17, 15) is 9.59 Å². The number of hydrogen-bond acceptors (Lipinski definition) is 2. The van der Waals surface area contributed by atoms with Crippen LogP contribution in [0, 0.1) is 6.92 Å². The third kappa shape index (κ3) is 2.19. The van der Waals surface area contributed by atoms with Crippen molar-refractivity contribution in [1.29, 1.82) is 0 Å². The van der Waals surface area contributed by atoms with Crippen molar-refractivity contribution in [3.63, 3.8) is 0 Å². The van der Waals surface area contributed by atoms with Gasteiger partial charge in [0.15, 0.2) is 0 Å². The van der Waals surface area contributed by atoms with Gasteiger partial charge in [-0.1, -0.05) is 18.2 Å². The molecule has 5 heteroatoms. The Balaban J connectivity index is 2.76. The number of hydrogen-bond donors (Lipinski definition) is 1. The highest BCUT2D eigenvalue weighted by atomic mass is 16.1. The van der Waals surface area contributed by atoms with Crippen molar-refractivity contribution in [3.05, 3.63) is 46.4 Å². The SMILES string of the molecule is Cc1c(NC=O)c(=O)n(C(C)C)n1-c1ccccc1. The molecule has 0 atom stereocenters. The van der Waals surface area contributed by atoms with E-state index < -0.39 is 0 Å². The zero-order valence-electron chi connectivity index (χ0n) is 11.3. The number of nitrogens with one attached hydrogen (secondary N) is 1. The number of nitrogens with zero attached hydrogens (tertiary/aromatic N) is 2. The van der Waals surface area contributed by atoms with Crippen molar-refractivity contribution in [3.8, 4) is 5.69 Å². The first-order valence-corrected chi connectivity index (χ1v) is 6.17. The van der Waals surface area contributed by atoms with Crippen LogP contribution in [0.1, 0.15) is 25.6 Å². The second kappa shape index (κ2) is 5.14. The molecule has 0 fully saturated rings. The molecule has 0 aliphatic rings. The zero-order chi connectivity index (χ0) is 14.0. The molecule has 1 aromatic carbocycles. The first-order chi connectivity index (χ1) is 9.07. The summed E-state index contributed by atoms with van der Waals surface area (Å²) in [6, 6.07) is 9.60. The van der Waals surface area contributed by atoms with Crippen molar-refractivity contribution in [1.82, 2.24) is 9.36 Å². The molecule has 19 heavy (non-hydrogen) atoms. The van der Waals surface area contributed by atoms with E-state index in [1.54, 1.807) is 4.68 Å². The molecular formula is C14H17N3O2. The Morgan fingerprint density at radius 2 is 1.84 bits per heavy atom. The molecule has 0 spiro atoms. The highest BCUT2D eigenvalue weighted by molar-refractivity contribution is 5.72. The average molecular weight is 259 g/mol. The second-order valence-corrected chi connectivity index (χ2v) is 4.61. The maximum Gasteiger partial charge on any atom is 0.291 e. The summed E-state index contributed by atoms with van der Waals surface area (Å²) in [6.45, 7) is 5.69. The Morgan fingerprint density at radius 3 is 2.37 bits per heavy atom. The summed E-state index contributed by atoms with van der Waals surface area (Å²) in [7, 11) is 0. The zero-order valence-corrected chi connectivity index (χ0v) is 11.3. The molecule has 0 aliphatic heterocycles. The summed E-state index contributed by atoms with van der Waals surface area (Å²) in [5, 5.41) is 2.49. The largest absolute Gasteiger partial charge is 0.323 e. The fourth-order valence-corrected chi connectivity index (χ4v) is 2.21. The van der Waals surface area contributed by atoms with Crippen molar-refractivity contribution < 1.29 is 4.79 Å². The Kier molecular flexibility index (Phi) is 3.55. The smallest absolute Gasteiger partial charge is 0.291 e. The third-order valence-corrected chi connectivity index (χ3v) is 3.01. The minimum absolute atomic E-state index is 0.00592. The summed E-state index contributed by atoms with van der Waals surface area (Å²) in [5.41, 5.74) is 1.75. The number of carbonyl (C=O) groups is 1. The predicted molar refractivity (Wildman–Crippen MR) is 74.8 cm³/mol. The van der Waals surface area contributed by atoms with Crippen LogP contribution in [0.25, 0.3) is 5.69 Å². The van der Waals surface area contributed by atoms with Gasteiger partial charge in [-0.2, -0.15) is 0 Å². The van der Waals surface area contributed by atoms with Crippen LogP contribution in [0.3, 0.4) is 0 Å². The van der Waals surface area contributed by atoms with Crippen LogP contribution in [-0.4, -0.2) is 15.8 Å². The van der Waals surface area contributed by atoms with Crippen molar-refractivity contribution in [2.45, 2.75) is 26.8 Å². The van der Waals surface area contributed by atoms with E-state index in [2.05, 4.69) is 5.32 Å². The van der Waals surface area contributed by atoms with Gasteiger partial charge >= 0.3 is 0 Å². The number of benzene rings is 1. The topological polar surface area (TPSA) is 56.0 Å². The molecule has 1 aromatic heterocycles. The van der Waals surface area contributed by atoms with E-state index in [-0.39, 0.29) is 11.6 Å². The third-order valence-electron chi connectivity index (χ3n) is 3.01. The number of anilines is 1. The maximum atomic E-state index is 12.3. The Bertz CT molecular complexity index is 639. The Labute approximate surface area is 111 Å². The van der Waals surface area contributed by atoms with Gasteiger partial charge in [0, 0.05) is 6.04 Å². The van der Waals surface area contributed by atoms with Gasteiger partial charge in [0.2, 0.25) is 6.41 Å². The highest BCUT2D eigenvalue weighted by Gasteiger charge is 2.19. The predicted octanol–water partition coefficient (Wildman–Crippen LogP) is 2.10. The van der Waals surface area contributed by atoms with Crippen molar-refractivity contribution >= 4 is 12.1 Å². The molecule has 100 valence electrons. The normalized spacial score (nSPS) is 10.7. The number of aromatic nitrogens is 2. The molecule has 1 heterocycles. The van der Waals surface area contributed by atoms with Crippen LogP contribution in [0.2, 0.25) is 0 Å². The van der Waals surface area contributed by atoms with Crippen LogP contribution in [0.4, 0.5) is 5.69 Å². The van der Waals surface area contributed by atoms with Gasteiger partial charge in [-0.3, -0.25) is 14.3 Å². The fraction of sp³-hybridized carbons (Fsp3) is 0.286. The highest BCUT2D eigenvalue weighted by Crippen LogP contribution is 2.19. The van der Waals surface area contributed by atoms with Crippen LogP contribution in [0.15, 0.2) is 35.1 Å². The van der Waals surface area contributed by atoms with Crippen LogP contribution >= 0.6 is 0 Å². The van der Waals surface area contributed by atoms with Gasteiger partial charge < -0.3 is 5.32 Å². The molecule has 0 unspecified atom stereocenters. The average Bonchev–Trinajstić information content (AvgIpc) is 2.64. The molecule has 0 saturated carbocycles. The Hall–Kier alpha value is -2.30. The van der Waals surface area contributed by atoms with E-state index in [1.165, 1.54) is 0 Å². The van der Waals surface area contributed by atoms with E-state index in [0.717, 1.165) is 11.4 Å². The van der Waals surface area contributed by atoms with E-state index in [4.69, 9.17) is 0 Å². The van der Waals surface area contributed by atoms with Crippen LogP contribution in [0.5, 0.6) is 0 Å². The maximum absolute atomic E-state index is 12.3. The lowest BCUT2D eigenvalue weighted by molar-refractivity contribution is -0.105. The summed E-state index contributed by atoms with van der Waals surface area (Å²) in [6.07, 6.45) is 0.531. The standard InChI is InChI=1S/C14H17N3O2/c1-10(2)16-14(19)13(15-9-18)11(3)17(16)12-7-5-4-6-8-12/h4-10H,1-3H3,(H,15,18). The molecule has 0 radical (unpaired) electrons. The lowest BCUT2D eigenvalue weighted by Crippen LogP contribution is -2.25. The molecule has 1 N–H and O–H groups in total. The van der Waals surface area contributed by atoms with Crippen molar-refractivity contribution in [2.24, 2.45) is 0 Å². The van der Waals surface area contributed by atoms with Gasteiger partial charge in [-0.05, 0) is 32.9 Å². The van der Waals surface area contributed by atoms with Gasteiger partial charge in [-0.25, -0.2) is 4.68 Å².